The van der Waals surface area contributed by atoms with Crippen molar-refractivity contribution in [3.63, 3.8) is 0 Å². The SMILES string of the molecule is Cn1ccnc1CC(NN)C1CCCC1. The minimum Gasteiger partial charge on any atom is -0.338 e. The summed E-state index contributed by atoms with van der Waals surface area (Å²) in [5, 5.41) is 0. The van der Waals surface area contributed by atoms with Crippen molar-refractivity contribution in [2.24, 2.45) is 18.8 Å². The maximum atomic E-state index is 5.63. The largest absolute Gasteiger partial charge is 0.338 e. The Bertz CT molecular complexity index is 301. The number of nitrogens with two attached hydrogens (primary N) is 1. The summed E-state index contributed by atoms with van der Waals surface area (Å²) in [6.45, 7) is 0. The van der Waals surface area contributed by atoms with Crippen molar-refractivity contribution in [1.29, 1.82) is 0 Å². The fraction of sp³-hybridized carbons (Fsp3) is 0.727. The highest BCUT2D eigenvalue weighted by Crippen LogP contribution is 2.28. The molecule has 1 unspecified atom stereocenters. The average molecular weight is 208 g/mol. The van der Waals surface area contributed by atoms with E-state index in [2.05, 4.69) is 15.0 Å². The Morgan fingerprint density at radius 1 is 1.60 bits per heavy atom. The Morgan fingerprint density at radius 2 is 2.33 bits per heavy atom. The first kappa shape index (κ1) is 10.6. The first-order valence-corrected chi connectivity index (χ1v) is 5.73. The molecule has 0 aromatic carbocycles. The number of imidazole rings is 1. The number of rotatable bonds is 4. The summed E-state index contributed by atoms with van der Waals surface area (Å²) in [5.41, 5.74) is 2.96. The summed E-state index contributed by atoms with van der Waals surface area (Å²) in [7, 11) is 2.03. The minimum atomic E-state index is 0.383. The van der Waals surface area contributed by atoms with Gasteiger partial charge in [0.2, 0.25) is 0 Å². The van der Waals surface area contributed by atoms with Crippen LogP contribution in [0.5, 0.6) is 0 Å². The maximum Gasteiger partial charge on any atom is 0.109 e. The molecule has 3 N–H and O–H groups in total. The van der Waals surface area contributed by atoms with Gasteiger partial charge in [-0.3, -0.25) is 11.3 Å². The number of hydrazine groups is 1. The standard InChI is InChI=1S/C11H20N4/c1-15-7-6-13-11(15)8-10(14-12)9-4-2-3-5-9/h6-7,9-10,14H,2-5,8,12H2,1H3. The monoisotopic (exact) mass is 208 g/mol. The second-order valence-corrected chi connectivity index (χ2v) is 4.48. The van der Waals surface area contributed by atoms with Crippen LogP contribution in [-0.4, -0.2) is 15.6 Å². The van der Waals surface area contributed by atoms with Crippen molar-refractivity contribution in [2.75, 3.05) is 0 Å². The molecular weight excluding hydrogens is 188 g/mol. The van der Waals surface area contributed by atoms with Crippen LogP contribution in [0.15, 0.2) is 12.4 Å². The van der Waals surface area contributed by atoms with E-state index in [1.54, 1.807) is 0 Å². The van der Waals surface area contributed by atoms with Gasteiger partial charge in [0.15, 0.2) is 0 Å². The van der Waals surface area contributed by atoms with Gasteiger partial charge in [-0.25, -0.2) is 4.98 Å². The molecule has 0 aliphatic heterocycles. The smallest absolute Gasteiger partial charge is 0.109 e. The fourth-order valence-electron chi connectivity index (χ4n) is 2.51. The van der Waals surface area contributed by atoms with E-state index in [1.807, 2.05) is 19.4 Å². The van der Waals surface area contributed by atoms with Gasteiger partial charge in [-0.2, -0.15) is 0 Å². The number of hydrogen-bond acceptors (Lipinski definition) is 3. The first-order valence-electron chi connectivity index (χ1n) is 5.73. The molecule has 4 nitrogen and oxygen atoms in total. The van der Waals surface area contributed by atoms with E-state index >= 15 is 0 Å². The maximum absolute atomic E-state index is 5.63. The average Bonchev–Trinajstić information content (AvgIpc) is 2.86. The van der Waals surface area contributed by atoms with Crippen LogP contribution in [-0.2, 0) is 13.5 Å². The van der Waals surface area contributed by atoms with Crippen LogP contribution in [0.25, 0.3) is 0 Å². The van der Waals surface area contributed by atoms with Crippen molar-refractivity contribution in [3.05, 3.63) is 18.2 Å². The molecule has 1 fully saturated rings. The normalized spacial score (nSPS) is 19.6. The predicted molar refractivity (Wildman–Crippen MR) is 60.0 cm³/mol. The van der Waals surface area contributed by atoms with E-state index in [9.17, 15) is 0 Å². The molecule has 2 rings (SSSR count). The molecule has 0 amide bonds. The zero-order valence-electron chi connectivity index (χ0n) is 9.32. The molecule has 1 saturated carbocycles. The summed E-state index contributed by atoms with van der Waals surface area (Å²) >= 11 is 0. The number of aromatic nitrogens is 2. The molecule has 1 aliphatic carbocycles. The van der Waals surface area contributed by atoms with Crippen LogP contribution < -0.4 is 11.3 Å². The van der Waals surface area contributed by atoms with Gasteiger partial charge in [-0.15, -0.1) is 0 Å². The Balaban J connectivity index is 1.98. The number of nitrogens with zero attached hydrogens (tertiary/aromatic N) is 2. The molecular formula is C11H20N4. The van der Waals surface area contributed by atoms with E-state index in [0.29, 0.717) is 6.04 Å². The van der Waals surface area contributed by atoms with Crippen molar-refractivity contribution >= 4 is 0 Å². The molecule has 84 valence electrons. The molecule has 1 aliphatic rings. The summed E-state index contributed by atoms with van der Waals surface area (Å²) in [6, 6.07) is 0.383. The highest BCUT2D eigenvalue weighted by molar-refractivity contribution is 4.96. The molecule has 1 heterocycles. The number of nitrogens with one attached hydrogen (secondary N) is 1. The van der Waals surface area contributed by atoms with Crippen molar-refractivity contribution in [2.45, 2.75) is 38.1 Å². The molecule has 15 heavy (non-hydrogen) atoms. The van der Waals surface area contributed by atoms with Gasteiger partial charge in [0.25, 0.3) is 0 Å². The Hall–Kier alpha value is -0.870. The van der Waals surface area contributed by atoms with Crippen LogP contribution in [0, 0.1) is 5.92 Å². The first-order chi connectivity index (χ1) is 7.31. The van der Waals surface area contributed by atoms with Gasteiger partial charge < -0.3 is 4.57 Å². The summed E-state index contributed by atoms with van der Waals surface area (Å²) in [5.74, 6) is 7.48. The molecule has 0 spiro atoms. The Labute approximate surface area is 90.8 Å². The van der Waals surface area contributed by atoms with Gasteiger partial charge in [-0.1, -0.05) is 12.8 Å². The number of hydrogen-bond donors (Lipinski definition) is 2. The van der Waals surface area contributed by atoms with E-state index in [4.69, 9.17) is 5.84 Å². The topological polar surface area (TPSA) is 55.9 Å². The zero-order valence-corrected chi connectivity index (χ0v) is 9.32. The van der Waals surface area contributed by atoms with Crippen LogP contribution in [0.4, 0.5) is 0 Å². The van der Waals surface area contributed by atoms with Crippen LogP contribution >= 0.6 is 0 Å². The second-order valence-electron chi connectivity index (χ2n) is 4.48. The highest BCUT2D eigenvalue weighted by Gasteiger charge is 2.25. The molecule has 0 saturated heterocycles. The van der Waals surface area contributed by atoms with Crippen molar-refractivity contribution < 1.29 is 0 Å². The fourth-order valence-corrected chi connectivity index (χ4v) is 2.51. The molecule has 0 radical (unpaired) electrons. The van der Waals surface area contributed by atoms with Crippen molar-refractivity contribution in [1.82, 2.24) is 15.0 Å². The highest BCUT2D eigenvalue weighted by atomic mass is 15.2. The minimum absolute atomic E-state index is 0.383. The van der Waals surface area contributed by atoms with Crippen LogP contribution in [0.2, 0.25) is 0 Å². The Kier molecular flexibility index (Phi) is 3.38. The third-order valence-electron chi connectivity index (χ3n) is 3.51. The number of aryl methyl sites for hydroxylation is 1. The second kappa shape index (κ2) is 4.77. The van der Waals surface area contributed by atoms with Crippen LogP contribution in [0.3, 0.4) is 0 Å². The molecule has 1 aromatic rings. The quantitative estimate of drug-likeness (QED) is 0.573. The van der Waals surface area contributed by atoms with Crippen molar-refractivity contribution in [3.8, 4) is 0 Å². The van der Waals surface area contributed by atoms with Gasteiger partial charge in [0.05, 0.1) is 0 Å². The molecule has 0 bridgehead atoms. The third-order valence-corrected chi connectivity index (χ3v) is 3.51. The van der Waals surface area contributed by atoms with Gasteiger partial charge in [-0.05, 0) is 18.8 Å². The van der Waals surface area contributed by atoms with Gasteiger partial charge >= 0.3 is 0 Å². The third kappa shape index (κ3) is 2.38. The lowest BCUT2D eigenvalue weighted by Crippen LogP contribution is -2.42. The van der Waals surface area contributed by atoms with E-state index in [0.717, 1.165) is 18.2 Å². The van der Waals surface area contributed by atoms with Gasteiger partial charge in [0.1, 0.15) is 5.82 Å². The summed E-state index contributed by atoms with van der Waals surface area (Å²) in [4.78, 5) is 4.34. The molecule has 1 atom stereocenters. The van der Waals surface area contributed by atoms with Crippen LogP contribution in [0.1, 0.15) is 31.5 Å². The lowest BCUT2D eigenvalue weighted by molar-refractivity contribution is 0.354. The molecule has 4 heteroatoms. The summed E-state index contributed by atoms with van der Waals surface area (Å²) < 4.78 is 2.07. The van der Waals surface area contributed by atoms with E-state index in [1.165, 1.54) is 25.7 Å². The lowest BCUT2D eigenvalue weighted by atomic mass is 9.96. The van der Waals surface area contributed by atoms with Gasteiger partial charge in [0, 0.05) is 31.9 Å². The lowest BCUT2D eigenvalue weighted by Gasteiger charge is -2.22. The zero-order chi connectivity index (χ0) is 10.7. The summed E-state index contributed by atoms with van der Waals surface area (Å²) in [6.07, 6.45) is 10.1. The Morgan fingerprint density at radius 3 is 2.87 bits per heavy atom. The van der Waals surface area contributed by atoms with E-state index in [-0.39, 0.29) is 0 Å². The predicted octanol–water partition coefficient (Wildman–Crippen LogP) is 0.985. The molecule has 1 aromatic heterocycles. The van der Waals surface area contributed by atoms with E-state index < -0.39 is 0 Å².